The Bertz CT molecular complexity index is 349. The molecule has 6 saturated carbocycles. The van der Waals surface area contributed by atoms with Crippen molar-refractivity contribution >= 4 is 5.97 Å². The Hall–Kier alpha value is -0.570. The minimum absolute atomic E-state index is 0.0334. The molecule has 0 atom stereocenters. The molecule has 3 nitrogen and oxygen atoms in total. The molecular formula is C11H13NO2. The van der Waals surface area contributed by atoms with Gasteiger partial charge in [-0.25, -0.2) is 0 Å². The maximum Gasteiger partial charge on any atom is 0.312 e. The first kappa shape index (κ1) is 6.83. The van der Waals surface area contributed by atoms with Gasteiger partial charge in [0, 0.05) is 0 Å². The molecule has 3 heteroatoms. The Morgan fingerprint density at radius 3 is 2.07 bits per heavy atom. The number of rotatable bonds is 2. The second-order valence-corrected chi connectivity index (χ2v) is 5.90. The lowest BCUT2D eigenvalue weighted by atomic mass is 8.92. The van der Waals surface area contributed by atoms with E-state index < -0.39 is 0 Å². The van der Waals surface area contributed by atoms with E-state index in [0.29, 0.717) is 23.2 Å². The van der Waals surface area contributed by atoms with Crippen LogP contribution in [0.2, 0.25) is 0 Å². The zero-order valence-corrected chi connectivity index (χ0v) is 8.07. The second kappa shape index (κ2) is 1.37. The van der Waals surface area contributed by atoms with Gasteiger partial charge in [0.1, 0.15) is 0 Å². The lowest BCUT2D eigenvalue weighted by molar-refractivity contribution is -0.640. The minimum Gasteiger partial charge on any atom is -0.469 e. The van der Waals surface area contributed by atoms with E-state index in [-0.39, 0.29) is 11.4 Å². The van der Waals surface area contributed by atoms with Crippen molar-refractivity contribution in [2.24, 2.45) is 52.1 Å². The number of carbonyl (C=O) groups excluding carboxylic acids is 1. The molecule has 0 aromatic heterocycles. The average Bonchev–Trinajstić information content (AvgIpc) is 2.27. The fourth-order valence-electron chi connectivity index (χ4n) is 6.74. The molecule has 0 unspecified atom stereocenters. The number of methoxy groups -OCH3 is 1. The smallest absolute Gasteiger partial charge is 0.312 e. The lowest BCUT2D eigenvalue weighted by Gasteiger charge is -3.10. The number of esters is 1. The SMILES string of the molecule is COC(=O)C12C3C4C1C1C2C3C41CN. The summed E-state index contributed by atoms with van der Waals surface area (Å²) in [6.07, 6.45) is 0. The molecule has 6 fully saturated rings. The van der Waals surface area contributed by atoms with Crippen LogP contribution in [-0.2, 0) is 9.53 Å². The Kier molecular flexibility index (Phi) is 0.668. The van der Waals surface area contributed by atoms with Crippen molar-refractivity contribution < 1.29 is 9.53 Å². The van der Waals surface area contributed by atoms with Crippen LogP contribution >= 0.6 is 0 Å². The second-order valence-electron chi connectivity index (χ2n) is 5.90. The zero-order chi connectivity index (χ0) is 9.46. The molecule has 0 spiro atoms. The van der Waals surface area contributed by atoms with Gasteiger partial charge in [0.15, 0.2) is 0 Å². The predicted octanol–water partition coefficient (Wildman–Crippen LogP) is -0.144. The molecule has 14 heavy (non-hydrogen) atoms. The summed E-state index contributed by atoms with van der Waals surface area (Å²) in [4.78, 5) is 11.7. The van der Waals surface area contributed by atoms with E-state index in [9.17, 15) is 4.79 Å². The van der Waals surface area contributed by atoms with Gasteiger partial charge < -0.3 is 10.5 Å². The third kappa shape index (κ3) is 0.251. The number of ether oxygens (including phenoxy) is 1. The molecule has 0 aliphatic heterocycles. The standard InChI is InChI=1S/C11H13NO2/c1-14-9(13)11-6-3-7(11)5-8(11)4(6)10(3,5)2-12/h3-8H,2,12H2,1H3. The molecule has 6 aliphatic carbocycles. The van der Waals surface area contributed by atoms with E-state index in [1.165, 1.54) is 7.11 Å². The highest BCUT2D eigenvalue weighted by molar-refractivity contribution is 5.88. The van der Waals surface area contributed by atoms with Crippen LogP contribution < -0.4 is 5.73 Å². The van der Waals surface area contributed by atoms with Crippen LogP contribution in [0.1, 0.15) is 0 Å². The summed E-state index contributed by atoms with van der Waals surface area (Å²) in [6, 6.07) is 0. The highest BCUT2D eigenvalue weighted by atomic mass is 16.5. The normalized spacial score (nSPS) is 77.0. The van der Waals surface area contributed by atoms with Crippen LogP contribution in [0, 0.1) is 46.3 Å². The summed E-state index contributed by atoms with van der Waals surface area (Å²) in [7, 11) is 1.53. The fraction of sp³-hybridized carbons (Fsp3) is 0.909. The van der Waals surface area contributed by atoms with Crippen LogP contribution in [-0.4, -0.2) is 19.6 Å². The monoisotopic (exact) mass is 191 g/mol. The lowest BCUT2D eigenvalue weighted by Crippen LogP contribution is -3.11. The average molecular weight is 191 g/mol. The Balaban J connectivity index is 1.59. The molecule has 0 aromatic rings. The van der Waals surface area contributed by atoms with E-state index in [1.807, 2.05) is 0 Å². The van der Waals surface area contributed by atoms with E-state index in [1.54, 1.807) is 0 Å². The maximum atomic E-state index is 11.7. The van der Waals surface area contributed by atoms with Gasteiger partial charge in [-0.3, -0.25) is 4.79 Å². The van der Waals surface area contributed by atoms with Crippen LogP contribution in [0.25, 0.3) is 0 Å². The zero-order valence-electron chi connectivity index (χ0n) is 8.07. The number of carbonyl (C=O) groups is 1. The van der Waals surface area contributed by atoms with Gasteiger partial charge in [-0.2, -0.15) is 0 Å². The number of hydrogen-bond acceptors (Lipinski definition) is 3. The van der Waals surface area contributed by atoms with E-state index >= 15 is 0 Å². The third-order valence-corrected chi connectivity index (χ3v) is 6.73. The predicted molar refractivity (Wildman–Crippen MR) is 46.9 cm³/mol. The highest BCUT2D eigenvalue weighted by Gasteiger charge is 3.11. The number of nitrogens with two attached hydrogens (primary N) is 1. The third-order valence-electron chi connectivity index (χ3n) is 6.73. The molecule has 74 valence electrons. The molecule has 0 aromatic carbocycles. The molecule has 0 saturated heterocycles. The van der Waals surface area contributed by atoms with Gasteiger partial charge >= 0.3 is 5.97 Å². The van der Waals surface area contributed by atoms with Crippen LogP contribution in [0.15, 0.2) is 0 Å². The fourth-order valence-corrected chi connectivity index (χ4v) is 6.74. The van der Waals surface area contributed by atoms with Crippen molar-refractivity contribution in [2.75, 3.05) is 13.7 Å². The van der Waals surface area contributed by atoms with E-state index in [0.717, 1.165) is 24.3 Å². The molecular weight excluding hydrogens is 178 g/mol. The van der Waals surface area contributed by atoms with E-state index in [4.69, 9.17) is 10.5 Å². The molecule has 6 rings (SSSR count). The molecule has 2 N–H and O–H groups in total. The largest absolute Gasteiger partial charge is 0.469 e. The summed E-state index contributed by atoms with van der Waals surface area (Å²) in [5.74, 6) is 4.65. The van der Waals surface area contributed by atoms with Crippen molar-refractivity contribution in [1.29, 1.82) is 0 Å². The first-order chi connectivity index (χ1) is 6.77. The summed E-state index contributed by atoms with van der Waals surface area (Å²) in [5, 5.41) is 0. The maximum absolute atomic E-state index is 11.7. The van der Waals surface area contributed by atoms with Crippen molar-refractivity contribution in [1.82, 2.24) is 0 Å². The van der Waals surface area contributed by atoms with Crippen LogP contribution in [0.3, 0.4) is 0 Å². The Morgan fingerprint density at radius 1 is 1.21 bits per heavy atom. The van der Waals surface area contributed by atoms with Gasteiger partial charge in [0.2, 0.25) is 0 Å². The van der Waals surface area contributed by atoms with Gasteiger partial charge in [-0.1, -0.05) is 0 Å². The highest BCUT2D eigenvalue weighted by Crippen LogP contribution is 3.10. The van der Waals surface area contributed by atoms with Crippen molar-refractivity contribution in [3.8, 4) is 0 Å². The summed E-state index contributed by atoms with van der Waals surface area (Å²) in [6.45, 7) is 0.869. The van der Waals surface area contributed by atoms with E-state index in [2.05, 4.69) is 0 Å². The molecule has 0 radical (unpaired) electrons. The summed E-state index contributed by atoms with van der Waals surface area (Å²) in [5.41, 5.74) is 6.43. The van der Waals surface area contributed by atoms with Gasteiger partial charge in [-0.15, -0.1) is 0 Å². The first-order valence-electron chi connectivity index (χ1n) is 5.56. The van der Waals surface area contributed by atoms with Crippen molar-refractivity contribution in [2.45, 2.75) is 0 Å². The molecule has 0 amide bonds. The van der Waals surface area contributed by atoms with Crippen molar-refractivity contribution in [3.05, 3.63) is 0 Å². The van der Waals surface area contributed by atoms with Crippen molar-refractivity contribution in [3.63, 3.8) is 0 Å². The van der Waals surface area contributed by atoms with Gasteiger partial charge in [0.25, 0.3) is 0 Å². The first-order valence-corrected chi connectivity index (χ1v) is 5.56. The quantitative estimate of drug-likeness (QED) is 0.618. The summed E-state index contributed by atoms with van der Waals surface area (Å²) < 4.78 is 4.96. The molecule has 6 aliphatic rings. The Labute approximate surface area is 82.0 Å². The van der Waals surface area contributed by atoms with Crippen LogP contribution in [0.4, 0.5) is 0 Å². The molecule has 0 bridgehead atoms. The van der Waals surface area contributed by atoms with Crippen LogP contribution in [0.5, 0.6) is 0 Å². The number of hydrogen-bond donors (Lipinski definition) is 1. The van der Waals surface area contributed by atoms with Gasteiger partial charge in [-0.05, 0) is 47.5 Å². The molecule has 0 heterocycles. The van der Waals surface area contributed by atoms with Gasteiger partial charge in [0.05, 0.1) is 12.5 Å². The Morgan fingerprint density at radius 2 is 1.71 bits per heavy atom. The summed E-state index contributed by atoms with van der Waals surface area (Å²) >= 11 is 0. The minimum atomic E-state index is 0.0334. The topological polar surface area (TPSA) is 52.3 Å².